The van der Waals surface area contributed by atoms with Crippen LogP contribution in [0.3, 0.4) is 0 Å². The van der Waals surface area contributed by atoms with Gasteiger partial charge in [-0.15, -0.1) is 0 Å². The molecule has 0 amide bonds. The van der Waals surface area contributed by atoms with E-state index < -0.39 is 0 Å². The fourth-order valence-electron chi connectivity index (χ4n) is 8.93. The molecule has 4 fully saturated rings. The maximum absolute atomic E-state index is 9.27. The molecule has 6 rings (SSSR count). The quantitative estimate of drug-likeness (QED) is 0.393. The molecule has 0 aromatic carbocycles. The van der Waals surface area contributed by atoms with Gasteiger partial charge in [0.1, 0.15) is 0 Å². The van der Waals surface area contributed by atoms with E-state index in [4.69, 9.17) is 4.74 Å². The first-order valence-corrected chi connectivity index (χ1v) is 11.4. The van der Waals surface area contributed by atoms with Crippen molar-refractivity contribution in [1.29, 1.82) is 0 Å². The Morgan fingerprint density at radius 3 is 2.93 bits per heavy atom. The predicted molar refractivity (Wildman–Crippen MR) is 106 cm³/mol. The van der Waals surface area contributed by atoms with E-state index in [0.29, 0.717) is 5.41 Å². The molecule has 1 heterocycles. The van der Waals surface area contributed by atoms with Crippen LogP contribution in [0.2, 0.25) is 0 Å². The van der Waals surface area contributed by atoms with E-state index in [2.05, 4.69) is 37.2 Å². The molecule has 1 spiro atoms. The maximum atomic E-state index is 9.27. The molecule has 4 saturated carbocycles. The number of rotatable bonds is 1. The maximum Gasteiger partial charge on any atom is 0.0954 e. The highest BCUT2D eigenvalue weighted by Crippen LogP contribution is 2.78. The third-order valence-electron chi connectivity index (χ3n) is 9.92. The van der Waals surface area contributed by atoms with Gasteiger partial charge in [-0.1, -0.05) is 43.1 Å². The monoisotopic (exact) mass is 367 g/mol. The normalized spacial score (nSPS) is 56.4. The Morgan fingerprint density at radius 1 is 1.30 bits per heavy atom. The molecular formula is C24H33NO2. The topological polar surface area (TPSA) is 41.8 Å². The Morgan fingerprint density at radius 2 is 2.19 bits per heavy atom. The van der Waals surface area contributed by atoms with Crippen LogP contribution in [0.1, 0.15) is 58.8 Å². The summed E-state index contributed by atoms with van der Waals surface area (Å²) in [6.07, 6.45) is 15.8. The van der Waals surface area contributed by atoms with E-state index in [0.717, 1.165) is 60.2 Å². The van der Waals surface area contributed by atoms with E-state index in [-0.39, 0.29) is 5.60 Å². The van der Waals surface area contributed by atoms with Gasteiger partial charge in [0.2, 0.25) is 0 Å². The second kappa shape index (κ2) is 5.49. The first-order chi connectivity index (χ1) is 13.1. The summed E-state index contributed by atoms with van der Waals surface area (Å²) in [5.74, 6) is 5.79. The van der Waals surface area contributed by atoms with Gasteiger partial charge >= 0.3 is 0 Å². The Bertz CT molecular complexity index is 753. The van der Waals surface area contributed by atoms with E-state index in [1.165, 1.54) is 38.5 Å². The Balaban J connectivity index is 1.41. The van der Waals surface area contributed by atoms with Crippen molar-refractivity contribution >= 4 is 5.71 Å². The van der Waals surface area contributed by atoms with Gasteiger partial charge in [-0.25, -0.2) is 0 Å². The summed E-state index contributed by atoms with van der Waals surface area (Å²) in [5, 5.41) is 12.8. The summed E-state index contributed by atoms with van der Waals surface area (Å²) in [5.41, 5.74) is 2.91. The predicted octanol–water partition coefficient (Wildman–Crippen LogP) is 5.21. The summed E-state index contributed by atoms with van der Waals surface area (Å²) < 4.78 is 6.55. The van der Waals surface area contributed by atoms with Crippen LogP contribution in [-0.4, -0.2) is 23.1 Å². The number of hydrogen-bond acceptors (Lipinski definition) is 3. The summed E-state index contributed by atoms with van der Waals surface area (Å²) in [4.78, 5) is 0. The number of allylic oxidation sites excluding steroid dienone is 2. The average molecular weight is 368 g/mol. The van der Waals surface area contributed by atoms with Gasteiger partial charge in [0, 0.05) is 5.41 Å². The first-order valence-electron chi connectivity index (χ1n) is 11.4. The third-order valence-corrected chi connectivity index (χ3v) is 9.92. The van der Waals surface area contributed by atoms with Crippen molar-refractivity contribution in [3.05, 3.63) is 23.8 Å². The summed E-state index contributed by atoms with van der Waals surface area (Å²) in [7, 11) is 0. The van der Waals surface area contributed by atoms with Gasteiger partial charge in [-0.05, 0) is 86.0 Å². The Labute approximate surface area is 162 Å². The van der Waals surface area contributed by atoms with Crippen molar-refractivity contribution in [3.8, 4) is 0 Å². The lowest BCUT2D eigenvalue weighted by Crippen LogP contribution is -2.56. The van der Waals surface area contributed by atoms with Crippen LogP contribution in [0.4, 0.5) is 0 Å². The average Bonchev–Trinajstić information content (AvgIpc) is 3.26. The number of fused-ring (bicyclic) bond motifs is 9. The van der Waals surface area contributed by atoms with Crippen LogP contribution in [0.5, 0.6) is 0 Å². The summed E-state index contributed by atoms with van der Waals surface area (Å²) >= 11 is 0. The fraction of sp³-hybridized carbons (Fsp3) is 0.792. The molecule has 27 heavy (non-hydrogen) atoms. The van der Waals surface area contributed by atoms with Crippen LogP contribution in [0.15, 0.2) is 29.0 Å². The molecule has 9 atom stereocenters. The SMILES string of the molecule is CC[C@H]1CC2=C/C(=N/O)CC[C@@H]2[C@H]2CC[C@@]3(C)[C@@H]([C@@H]4C[C@@H]4[C@@]34C=CCO4)[C@H]12. The van der Waals surface area contributed by atoms with Crippen molar-refractivity contribution in [2.24, 2.45) is 52.0 Å². The second-order valence-electron chi connectivity index (χ2n) is 10.6. The van der Waals surface area contributed by atoms with Crippen molar-refractivity contribution < 1.29 is 9.94 Å². The smallest absolute Gasteiger partial charge is 0.0954 e. The van der Waals surface area contributed by atoms with Crippen LogP contribution < -0.4 is 0 Å². The molecule has 6 aliphatic rings. The minimum atomic E-state index is 0.0605. The lowest BCUT2D eigenvalue weighted by atomic mass is 9.46. The minimum Gasteiger partial charge on any atom is -0.411 e. The molecular weight excluding hydrogens is 334 g/mol. The third kappa shape index (κ3) is 1.95. The Kier molecular flexibility index (Phi) is 3.42. The zero-order valence-corrected chi connectivity index (χ0v) is 16.7. The Hall–Kier alpha value is -1.09. The van der Waals surface area contributed by atoms with Crippen molar-refractivity contribution in [2.45, 2.75) is 64.4 Å². The second-order valence-corrected chi connectivity index (χ2v) is 10.6. The van der Waals surface area contributed by atoms with Crippen molar-refractivity contribution in [3.63, 3.8) is 0 Å². The van der Waals surface area contributed by atoms with Gasteiger partial charge in [-0.2, -0.15) is 0 Å². The lowest BCUT2D eigenvalue weighted by molar-refractivity contribution is -0.140. The number of nitrogens with zero attached hydrogens (tertiary/aromatic N) is 1. The van der Waals surface area contributed by atoms with E-state index in [9.17, 15) is 5.21 Å². The highest BCUT2D eigenvalue weighted by Gasteiger charge is 2.76. The lowest BCUT2D eigenvalue weighted by Gasteiger charge is -2.59. The van der Waals surface area contributed by atoms with Crippen LogP contribution in [0.25, 0.3) is 0 Å². The standard InChI is InChI=1S/C24H33NO2/c1-3-14-11-15-12-16(25-26)5-6-17(15)18-7-9-23(2)22(21(14)18)19-13-20(19)24(23)8-4-10-27-24/h4,8,12,14,17-22,26H,3,5-7,9-11,13H2,1-2H3/b25-16+/t14-,17-,18+,19+,20-,21+,22-,23-,24-/m0/s1. The van der Waals surface area contributed by atoms with Gasteiger partial charge in [-0.3, -0.25) is 0 Å². The molecule has 0 saturated heterocycles. The highest BCUT2D eigenvalue weighted by molar-refractivity contribution is 5.96. The number of ether oxygens (including phenoxy) is 1. The zero-order chi connectivity index (χ0) is 18.4. The molecule has 1 aliphatic heterocycles. The summed E-state index contributed by atoms with van der Waals surface area (Å²) in [6, 6.07) is 0. The number of oxime groups is 1. The molecule has 0 unspecified atom stereocenters. The highest BCUT2D eigenvalue weighted by atomic mass is 16.5. The first kappa shape index (κ1) is 16.8. The molecule has 146 valence electrons. The molecule has 3 nitrogen and oxygen atoms in total. The zero-order valence-electron chi connectivity index (χ0n) is 16.7. The van der Waals surface area contributed by atoms with Crippen molar-refractivity contribution in [1.82, 2.24) is 0 Å². The van der Waals surface area contributed by atoms with Crippen LogP contribution >= 0.6 is 0 Å². The van der Waals surface area contributed by atoms with E-state index in [1.54, 1.807) is 5.57 Å². The molecule has 0 bridgehead atoms. The molecule has 0 radical (unpaired) electrons. The van der Waals surface area contributed by atoms with Gasteiger partial charge in [0.05, 0.1) is 17.9 Å². The largest absolute Gasteiger partial charge is 0.411 e. The summed E-state index contributed by atoms with van der Waals surface area (Å²) in [6.45, 7) is 5.82. The van der Waals surface area contributed by atoms with Gasteiger partial charge < -0.3 is 9.94 Å². The fourth-order valence-corrected chi connectivity index (χ4v) is 8.93. The van der Waals surface area contributed by atoms with E-state index in [1.807, 2.05) is 0 Å². The van der Waals surface area contributed by atoms with E-state index >= 15 is 0 Å². The molecule has 3 heteroatoms. The van der Waals surface area contributed by atoms with Gasteiger partial charge in [0.15, 0.2) is 0 Å². The molecule has 0 aromatic rings. The van der Waals surface area contributed by atoms with Gasteiger partial charge in [0.25, 0.3) is 0 Å². The van der Waals surface area contributed by atoms with Crippen LogP contribution in [0, 0.1) is 46.8 Å². The van der Waals surface area contributed by atoms with Crippen LogP contribution in [-0.2, 0) is 4.74 Å². The minimum absolute atomic E-state index is 0.0605. The molecule has 1 N–H and O–H groups in total. The molecule has 0 aromatic heterocycles. The van der Waals surface area contributed by atoms with Crippen molar-refractivity contribution in [2.75, 3.05) is 6.61 Å². The molecule has 5 aliphatic carbocycles. The number of hydrogen-bond donors (Lipinski definition) is 1.